The van der Waals surface area contributed by atoms with E-state index in [1.54, 1.807) is 0 Å². The zero-order valence-electron chi connectivity index (χ0n) is 38.7. The molecule has 0 bridgehead atoms. The molecule has 3 heterocycles. The summed E-state index contributed by atoms with van der Waals surface area (Å²) in [6, 6.07) is 38.0. The van der Waals surface area contributed by atoms with Crippen molar-refractivity contribution in [2.24, 2.45) is 0 Å². The molecule has 11 rings (SSSR count). The highest BCUT2D eigenvalue weighted by Crippen LogP contribution is 2.55. The molecule has 0 unspecified atom stereocenters. The summed E-state index contributed by atoms with van der Waals surface area (Å²) in [6.45, 7) is 31.4. The van der Waals surface area contributed by atoms with Gasteiger partial charge in [0.1, 0.15) is 5.58 Å². The van der Waals surface area contributed by atoms with Gasteiger partial charge in [-0.1, -0.05) is 131 Å². The number of nitrogens with zero attached hydrogens (tertiary/aromatic N) is 2. The van der Waals surface area contributed by atoms with Crippen LogP contribution in [-0.2, 0) is 27.1 Å². The molecule has 0 saturated heterocycles. The molecule has 2 aliphatic heterocycles. The van der Waals surface area contributed by atoms with Gasteiger partial charge in [-0.15, -0.1) is 0 Å². The van der Waals surface area contributed by atoms with Gasteiger partial charge >= 0.3 is 0 Å². The average Bonchev–Trinajstić information content (AvgIpc) is 3.65. The van der Waals surface area contributed by atoms with Crippen molar-refractivity contribution in [1.29, 1.82) is 0 Å². The van der Waals surface area contributed by atoms with Gasteiger partial charge < -0.3 is 14.2 Å². The summed E-state index contributed by atoms with van der Waals surface area (Å²) < 4.78 is 6.91. The van der Waals surface area contributed by atoms with Crippen LogP contribution in [0, 0.1) is 13.8 Å². The number of furan rings is 1. The third-order valence-electron chi connectivity index (χ3n) is 15.6. The highest BCUT2D eigenvalue weighted by atomic mass is 16.3. The van der Waals surface area contributed by atoms with Gasteiger partial charge in [-0.25, -0.2) is 0 Å². The van der Waals surface area contributed by atoms with Gasteiger partial charge in [0, 0.05) is 39.2 Å². The smallest absolute Gasteiger partial charge is 0.252 e. The van der Waals surface area contributed by atoms with Crippen molar-refractivity contribution in [3.05, 3.63) is 136 Å². The molecule has 0 amide bonds. The Bertz CT molecular complexity index is 3040. The van der Waals surface area contributed by atoms with Crippen LogP contribution in [-0.4, -0.2) is 6.71 Å². The molecule has 0 fully saturated rings. The Kier molecular flexibility index (Phi) is 7.76. The van der Waals surface area contributed by atoms with E-state index in [-0.39, 0.29) is 33.8 Å². The van der Waals surface area contributed by atoms with Gasteiger partial charge in [0.05, 0.1) is 5.69 Å². The number of hydrogen-bond acceptors (Lipinski definition) is 3. The van der Waals surface area contributed by atoms with Crippen molar-refractivity contribution in [3.8, 4) is 0 Å². The Morgan fingerprint density at radius 2 is 1.10 bits per heavy atom. The van der Waals surface area contributed by atoms with Crippen molar-refractivity contribution < 1.29 is 4.42 Å². The number of fused-ring (bicyclic) bond motifs is 9. The van der Waals surface area contributed by atoms with Gasteiger partial charge in [0.15, 0.2) is 5.58 Å². The van der Waals surface area contributed by atoms with Crippen LogP contribution in [0.25, 0.3) is 21.9 Å². The van der Waals surface area contributed by atoms with Gasteiger partial charge in [-0.2, -0.15) is 0 Å². The van der Waals surface area contributed by atoms with E-state index in [1.165, 1.54) is 96.6 Å². The number of anilines is 6. The van der Waals surface area contributed by atoms with E-state index in [0.29, 0.717) is 0 Å². The van der Waals surface area contributed by atoms with Crippen LogP contribution < -0.4 is 26.2 Å². The lowest BCUT2D eigenvalue weighted by atomic mass is 9.33. The molecule has 0 spiro atoms. The number of aryl methyl sites for hydroxylation is 2. The minimum atomic E-state index is -0.0159. The van der Waals surface area contributed by atoms with E-state index in [1.807, 2.05) is 0 Å². The highest BCUT2D eigenvalue weighted by molar-refractivity contribution is 7.00. The molecule has 1 aromatic heterocycles. The van der Waals surface area contributed by atoms with Gasteiger partial charge in [0.2, 0.25) is 0 Å². The number of benzene rings is 6. The van der Waals surface area contributed by atoms with Crippen LogP contribution in [0.2, 0.25) is 0 Å². The highest BCUT2D eigenvalue weighted by Gasteiger charge is 2.49. The topological polar surface area (TPSA) is 19.6 Å². The normalized spacial score (nSPS) is 18.8. The fourth-order valence-corrected chi connectivity index (χ4v) is 12.4. The molecular formula is C57H61BN2O. The van der Waals surface area contributed by atoms with Gasteiger partial charge in [0.25, 0.3) is 6.71 Å². The van der Waals surface area contributed by atoms with E-state index >= 15 is 0 Å². The molecule has 4 heteroatoms. The SMILES string of the molecule is Cc1cc2c3c(c1)N(c1cccc4c1oc1ccccc14)c1cc4c(cc1B3c1cc(C(C)(C)C)ccc1N2c1cc2c(cc1C)C(C)(C)CCC2(C)C)C(C)(C)CC4(C)C. The zero-order chi connectivity index (χ0) is 42.9. The molecule has 3 nitrogen and oxygen atoms in total. The third kappa shape index (κ3) is 5.42. The second-order valence-corrected chi connectivity index (χ2v) is 22.9. The summed E-state index contributed by atoms with van der Waals surface area (Å²) in [7, 11) is 0. The first-order valence-electron chi connectivity index (χ1n) is 22.8. The summed E-state index contributed by atoms with van der Waals surface area (Å²) in [6.07, 6.45) is 3.49. The zero-order valence-corrected chi connectivity index (χ0v) is 38.7. The Balaban J connectivity index is 1.28. The molecular weight excluding hydrogens is 739 g/mol. The van der Waals surface area contributed by atoms with Gasteiger partial charge in [-0.3, -0.25) is 0 Å². The molecule has 308 valence electrons. The second kappa shape index (κ2) is 12.2. The molecule has 0 atom stereocenters. The Labute approximate surface area is 364 Å². The van der Waals surface area contributed by atoms with Crippen LogP contribution >= 0.6 is 0 Å². The van der Waals surface area contributed by atoms with Crippen LogP contribution in [0.4, 0.5) is 34.1 Å². The van der Waals surface area contributed by atoms with Crippen LogP contribution in [0.5, 0.6) is 0 Å². The summed E-state index contributed by atoms with van der Waals surface area (Å²) in [5.41, 5.74) is 23.6. The molecule has 0 saturated carbocycles. The van der Waals surface area contributed by atoms with E-state index in [4.69, 9.17) is 4.42 Å². The molecule has 4 aliphatic rings. The molecule has 0 N–H and O–H groups in total. The maximum Gasteiger partial charge on any atom is 0.252 e. The largest absolute Gasteiger partial charge is 0.454 e. The summed E-state index contributed by atoms with van der Waals surface area (Å²) in [5.74, 6) is 0. The lowest BCUT2D eigenvalue weighted by molar-refractivity contribution is 0.332. The third-order valence-corrected chi connectivity index (χ3v) is 15.6. The predicted octanol–water partition coefficient (Wildman–Crippen LogP) is 13.9. The standard InChI is InChI=1S/C57H61BN2O/c1-33-25-48-51-49(26-33)60(45-19-16-18-37-36-17-14-15-20-50(36)61-52(37)45)47-31-41-39(56(10,11)32-57(41,12)13)29-43(47)58(51)42-28-35(53(3,4)5)21-22-44(42)59(48)46-30-40-38(27-34(46)2)54(6,7)23-24-55(40,8)9/h14-22,25-31H,23-24,32H2,1-13H3. The first-order chi connectivity index (χ1) is 28.7. The summed E-state index contributed by atoms with van der Waals surface area (Å²) in [5, 5.41) is 2.30. The molecule has 6 aromatic carbocycles. The molecule has 0 radical (unpaired) electrons. The Morgan fingerprint density at radius 1 is 0.525 bits per heavy atom. The molecule has 2 aliphatic carbocycles. The molecule has 7 aromatic rings. The minimum Gasteiger partial charge on any atom is -0.454 e. The fourth-order valence-electron chi connectivity index (χ4n) is 12.4. The van der Waals surface area contributed by atoms with Crippen molar-refractivity contribution >= 4 is 79.2 Å². The average molecular weight is 801 g/mol. The monoisotopic (exact) mass is 800 g/mol. The van der Waals surface area contributed by atoms with Crippen molar-refractivity contribution in [2.45, 2.75) is 136 Å². The Hall–Kier alpha value is -5.22. The van der Waals surface area contributed by atoms with Crippen LogP contribution in [0.3, 0.4) is 0 Å². The summed E-state index contributed by atoms with van der Waals surface area (Å²) >= 11 is 0. The van der Waals surface area contributed by atoms with E-state index in [2.05, 4.69) is 197 Å². The van der Waals surface area contributed by atoms with Crippen molar-refractivity contribution in [1.82, 2.24) is 0 Å². The van der Waals surface area contributed by atoms with E-state index in [0.717, 1.165) is 34.0 Å². The Morgan fingerprint density at radius 3 is 1.79 bits per heavy atom. The lowest BCUT2D eigenvalue weighted by Gasteiger charge is -2.46. The first-order valence-corrected chi connectivity index (χ1v) is 22.8. The number of rotatable bonds is 2. The predicted molar refractivity (Wildman–Crippen MR) is 262 cm³/mol. The van der Waals surface area contributed by atoms with Crippen LogP contribution in [0.15, 0.2) is 101 Å². The fraction of sp³-hybridized carbons (Fsp3) is 0.368. The molecule has 61 heavy (non-hydrogen) atoms. The van der Waals surface area contributed by atoms with Gasteiger partial charge in [-0.05, 0) is 158 Å². The van der Waals surface area contributed by atoms with Crippen molar-refractivity contribution in [2.75, 3.05) is 9.80 Å². The minimum absolute atomic E-state index is 0.0159. The van der Waals surface area contributed by atoms with Crippen LogP contribution in [0.1, 0.15) is 134 Å². The first kappa shape index (κ1) is 38.7. The number of para-hydroxylation sites is 2. The van der Waals surface area contributed by atoms with Crippen molar-refractivity contribution in [3.63, 3.8) is 0 Å². The quantitative estimate of drug-likeness (QED) is 0.162. The maximum atomic E-state index is 6.91. The van der Waals surface area contributed by atoms with E-state index < -0.39 is 0 Å². The van der Waals surface area contributed by atoms with E-state index in [9.17, 15) is 0 Å². The lowest BCUT2D eigenvalue weighted by Crippen LogP contribution is -2.61. The summed E-state index contributed by atoms with van der Waals surface area (Å²) in [4.78, 5) is 5.24. The second-order valence-electron chi connectivity index (χ2n) is 22.9. The number of hydrogen-bond donors (Lipinski definition) is 0. The maximum absolute atomic E-state index is 6.91.